The number of nitrogens with two attached hydrogens (primary N) is 1. The van der Waals surface area contributed by atoms with Crippen molar-refractivity contribution in [3.05, 3.63) is 6.33 Å². The summed E-state index contributed by atoms with van der Waals surface area (Å²) in [5, 5.41) is 3.24. The first-order chi connectivity index (χ1) is 9.29. The van der Waals surface area contributed by atoms with Gasteiger partial charge in [0.2, 0.25) is 5.88 Å². The Morgan fingerprint density at radius 2 is 2.05 bits per heavy atom. The zero-order chi connectivity index (χ0) is 13.9. The minimum atomic E-state index is 0.458. The van der Waals surface area contributed by atoms with E-state index in [2.05, 4.69) is 21.5 Å². The molecule has 0 amide bonds. The predicted octanol–water partition coefficient (Wildman–Crippen LogP) is 2.79. The van der Waals surface area contributed by atoms with E-state index in [0.29, 0.717) is 24.0 Å². The fourth-order valence-corrected chi connectivity index (χ4v) is 2.20. The molecular formula is C13H24N4OS. The van der Waals surface area contributed by atoms with Crippen LogP contribution in [0.4, 0.5) is 11.5 Å². The van der Waals surface area contributed by atoms with Crippen LogP contribution in [0.3, 0.4) is 0 Å². The average molecular weight is 284 g/mol. The number of anilines is 2. The molecule has 108 valence electrons. The Hall–Kier alpha value is -1.17. The van der Waals surface area contributed by atoms with E-state index in [9.17, 15) is 0 Å². The van der Waals surface area contributed by atoms with Gasteiger partial charge in [0, 0.05) is 6.54 Å². The van der Waals surface area contributed by atoms with Gasteiger partial charge in [-0.05, 0) is 31.8 Å². The number of nitrogen functional groups attached to an aromatic ring is 1. The first-order valence-corrected chi connectivity index (χ1v) is 8.15. The first kappa shape index (κ1) is 15.9. The van der Waals surface area contributed by atoms with Crippen molar-refractivity contribution in [3.8, 4) is 5.88 Å². The van der Waals surface area contributed by atoms with Crippen LogP contribution in [0.15, 0.2) is 6.33 Å². The summed E-state index contributed by atoms with van der Waals surface area (Å²) in [5.74, 6) is 2.38. The molecule has 0 aromatic carbocycles. The van der Waals surface area contributed by atoms with Crippen LogP contribution in [0.5, 0.6) is 5.88 Å². The Morgan fingerprint density at radius 1 is 1.26 bits per heavy atom. The lowest BCUT2D eigenvalue weighted by Gasteiger charge is -2.10. The topological polar surface area (TPSA) is 73.1 Å². The maximum absolute atomic E-state index is 5.93. The van der Waals surface area contributed by atoms with E-state index in [1.165, 1.54) is 31.3 Å². The number of thioether (sulfide) groups is 1. The molecule has 0 aliphatic heterocycles. The van der Waals surface area contributed by atoms with Crippen LogP contribution < -0.4 is 15.8 Å². The second kappa shape index (κ2) is 9.72. The maximum atomic E-state index is 5.93. The monoisotopic (exact) mass is 284 g/mol. The van der Waals surface area contributed by atoms with Gasteiger partial charge in [-0.15, -0.1) is 0 Å². The van der Waals surface area contributed by atoms with E-state index >= 15 is 0 Å². The number of nitrogens with one attached hydrogen (secondary N) is 1. The molecule has 0 fully saturated rings. The molecule has 0 aliphatic carbocycles. The highest BCUT2D eigenvalue weighted by Crippen LogP contribution is 2.24. The van der Waals surface area contributed by atoms with Gasteiger partial charge in [-0.1, -0.05) is 12.8 Å². The molecule has 0 bridgehead atoms. The molecule has 0 atom stereocenters. The molecule has 0 radical (unpaired) electrons. The maximum Gasteiger partial charge on any atom is 0.242 e. The molecule has 19 heavy (non-hydrogen) atoms. The summed E-state index contributed by atoms with van der Waals surface area (Å²) in [5.41, 5.74) is 6.43. The van der Waals surface area contributed by atoms with Crippen LogP contribution >= 0.6 is 11.8 Å². The molecule has 1 heterocycles. The fourth-order valence-electron chi connectivity index (χ4n) is 1.70. The Morgan fingerprint density at radius 3 is 2.79 bits per heavy atom. The second-order valence-electron chi connectivity index (χ2n) is 4.21. The van der Waals surface area contributed by atoms with Crippen LogP contribution in [-0.4, -0.2) is 35.1 Å². The van der Waals surface area contributed by atoms with Gasteiger partial charge < -0.3 is 15.8 Å². The highest BCUT2D eigenvalue weighted by atomic mass is 32.2. The largest absolute Gasteiger partial charge is 0.476 e. The van der Waals surface area contributed by atoms with Gasteiger partial charge in [0.1, 0.15) is 12.0 Å². The standard InChI is InChI=1S/C13H24N4OS/c1-3-18-13-11(14)12(16-10-17-13)15-8-6-4-5-7-9-19-2/h10H,3-9,14H2,1-2H3,(H,15,16,17). The van der Waals surface area contributed by atoms with Crippen molar-refractivity contribution in [1.82, 2.24) is 9.97 Å². The van der Waals surface area contributed by atoms with Gasteiger partial charge in [0.15, 0.2) is 5.82 Å². The van der Waals surface area contributed by atoms with Crippen molar-refractivity contribution in [2.75, 3.05) is 36.2 Å². The molecule has 1 rings (SSSR count). The molecule has 1 aromatic heterocycles. The summed E-state index contributed by atoms with van der Waals surface area (Å²) in [6, 6.07) is 0. The summed E-state index contributed by atoms with van der Waals surface area (Å²) >= 11 is 1.91. The van der Waals surface area contributed by atoms with E-state index < -0.39 is 0 Å². The highest BCUT2D eigenvalue weighted by molar-refractivity contribution is 7.98. The van der Waals surface area contributed by atoms with Crippen molar-refractivity contribution >= 4 is 23.3 Å². The minimum Gasteiger partial charge on any atom is -0.476 e. The second-order valence-corrected chi connectivity index (χ2v) is 5.19. The molecule has 1 aromatic rings. The summed E-state index contributed by atoms with van der Waals surface area (Å²) in [4.78, 5) is 8.14. The Bertz CT molecular complexity index is 362. The molecule has 6 heteroatoms. The van der Waals surface area contributed by atoms with Crippen LogP contribution in [0.1, 0.15) is 32.6 Å². The lowest BCUT2D eigenvalue weighted by Crippen LogP contribution is -2.09. The third-order valence-electron chi connectivity index (χ3n) is 2.70. The van der Waals surface area contributed by atoms with E-state index in [1.54, 1.807) is 0 Å². The van der Waals surface area contributed by atoms with Gasteiger partial charge >= 0.3 is 0 Å². The quantitative estimate of drug-likeness (QED) is 0.644. The number of hydrogen-bond acceptors (Lipinski definition) is 6. The highest BCUT2D eigenvalue weighted by Gasteiger charge is 2.07. The summed E-state index contributed by atoms with van der Waals surface area (Å²) in [6.07, 6.45) is 8.56. The van der Waals surface area contributed by atoms with Crippen LogP contribution in [-0.2, 0) is 0 Å². The van der Waals surface area contributed by atoms with Crippen LogP contribution in [0.2, 0.25) is 0 Å². The third kappa shape index (κ3) is 6.00. The van der Waals surface area contributed by atoms with E-state index in [-0.39, 0.29) is 0 Å². The third-order valence-corrected chi connectivity index (χ3v) is 3.39. The predicted molar refractivity (Wildman–Crippen MR) is 83.0 cm³/mol. The SMILES string of the molecule is CCOc1ncnc(NCCCCCCSC)c1N. The average Bonchev–Trinajstić information content (AvgIpc) is 2.42. The van der Waals surface area contributed by atoms with Gasteiger partial charge in [-0.2, -0.15) is 16.7 Å². The summed E-state index contributed by atoms with van der Waals surface area (Å²) in [6.45, 7) is 3.34. The summed E-state index contributed by atoms with van der Waals surface area (Å²) in [7, 11) is 0. The zero-order valence-corrected chi connectivity index (χ0v) is 12.6. The molecule has 0 saturated carbocycles. The van der Waals surface area contributed by atoms with E-state index in [0.717, 1.165) is 13.0 Å². The van der Waals surface area contributed by atoms with Crippen molar-refractivity contribution in [1.29, 1.82) is 0 Å². The molecule has 5 nitrogen and oxygen atoms in total. The van der Waals surface area contributed by atoms with E-state index in [4.69, 9.17) is 10.5 Å². The Kier molecular flexibility index (Phi) is 8.13. The molecule has 3 N–H and O–H groups in total. The number of unbranched alkanes of at least 4 members (excludes halogenated alkanes) is 3. The lowest BCUT2D eigenvalue weighted by atomic mass is 10.2. The normalized spacial score (nSPS) is 10.4. The van der Waals surface area contributed by atoms with Crippen molar-refractivity contribution in [3.63, 3.8) is 0 Å². The van der Waals surface area contributed by atoms with Crippen LogP contribution in [0.25, 0.3) is 0 Å². The van der Waals surface area contributed by atoms with Crippen molar-refractivity contribution in [2.24, 2.45) is 0 Å². The van der Waals surface area contributed by atoms with Crippen LogP contribution in [0, 0.1) is 0 Å². The van der Waals surface area contributed by atoms with Gasteiger partial charge in [-0.25, -0.2) is 4.98 Å². The van der Waals surface area contributed by atoms with Gasteiger partial charge in [-0.3, -0.25) is 0 Å². The minimum absolute atomic E-state index is 0.458. The number of aromatic nitrogens is 2. The molecular weight excluding hydrogens is 260 g/mol. The number of nitrogens with zero attached hydrogens (tertiary/aromatic N) is 2. The van der Waals surface area contributed by atoms with Crippen molar-refractivity contribution in [2.45, 2.75) is 32.6 Å². The molecule has 0 spiro atoms. The van der Waals surface area contributed by atoms with Gasteiger partial charge in [0.05, 0.1) is 6.61 Å². The van der Waals surface area contributed by atoms with E-state index in [1.807, 2.05) is 18.7 Å². The van der Waals surface area contributed by atoms with Gasteiger partial charge in [0.25, 0.3) is 0 Å². The number of ether oxygens (including phenoxy) is 1. The smallest absolute Gasteiger partial charge is 0.242 e. The Labute approximate surface area is 119 Å². The molecule has 0 unspecified atom stereocenters. The number of hydrogen-bond donors (Lipinski definition) is 2. The molecule has 0 aliphatic rings. The summed E-state index contributed by atoms with van der Waals surface area (Å²) < 4.78 is 5.33. The lowest BCUT2D eigenvalue weighted by molar-refractivity contribution is 0.328. The van der Waals surface area contributed by atoms with Crippen molar-refractivity contribution < 1.29 is 4.74 Å². The Balaban J connectivity index is 2.27. The first-order valence-electron chi connectivity index (χ1n) is 6.75. The number of rotatable bonds is 10. The molecule has 0 saturated heterocycles. The zero-order valence-electron chi connectivity index (χ0n) is 11.8. The fraction of sp³-hybridized carbons (Fsp3) is 0.692.